The Bertz CT molecular complexity index is 1120. The summed E-state index contributed by atoms with van der Waals surface area (Å²) in [6.07, 6.45) is 5.33. The largest absolute Gasteiger partial charge is 0.321 e. The van der Waals surface area contributed by atoms with Gasteiger partial charge in [-0.05, 0) is 49.2 Å². The zero-order valence-corrected chi connectivity index (χ0v) is 16.7. The highest BCUT2D eigenvalue weighted by atomic mass is 32.2. The maximum absolute atomic E-state index is 12.8. The van der Waals surface area contributed by atoms with Crippen LogP contribution in [0.3, 0.4) is 0 Å². The van der Waals surface area contributed by atoms with E-state index in [-0.39, 0.29) is 10.6 Å². The highest BCUT2D eigenvalue weighted by molar-refractivity contribution is 7.89. The summed E-state index contributed by atoms with van der Waals surface area (Å²) in [5.41, 5.74) is 2.05. The maximum Gasteiger partial charge on any atom is 0.275 e. The SMILES string of the molecule is O=C(Nc1ccc(S(=O)(=O)N2CCCCCC2)cc1)c1cnc2ccccc2n1. The van der Waals surface area contributed by atoms with Gasteiger partial charge in [-0.15, -0.1) is 0 Å². The van der Waals surface area contributed by atoms with Gasteiger partial charge < -0.3 is 5.32 Å². The number of anilines is 1. The van der Waals surface area contributed by atoms with Crippen molar-refractivity contribution in [3.63, 3.8) is 0 Å². The molecule has 4 rings (SSSR count). The van der Waals surface area contributed by atoms with E-state index in [1.807, 2.05) is 18.2 Å². The van der Waals surface area contributed by atoms with Crippen molar-refractivity contribution in [2.75, 3.05) is 18.4 Å². The van der Waals surface area contributed by atoms with Crippen molar-refractivity contribution < 1.29 is 13.2 Å². The van der Waals surface area contributed by atoms with Gasteiger partial charge in [0, 0.05) is 18.8 Å². The number of nitrogens with one attached hydrogen (secondary N) is 1. The lowest BCUT2D eigenvalue weighted by atomic mass is 10.2. The van der Waals surface area contributed by atoms with Crippen molar-refractivity contribution in [1.82, 2.24) is 14.3 Å². The number of benzene rings is 2. The second-order valence-corrected chi connectivity index (χ2v) is 8.98. The van der Waals surface area contributed by atoms with Gasteiger partial charge in [0.25, 0.3) is 5.91 Å². The first kappa shape index (κ1) is 19.5. The highest BCUT2D eigenvalue weighted by Gasteiger charge is 2.25. The Kier molecular flexibility index (Phi) is 5.55. The molecule has 1 N–H and O–H groups in total. The Morgan fingerprint density at radius 1 is 0.897 bits per heavy atom. The second-order valence-electron chi connectivity index (χ2n) is 7.04. The summed E-state index contributed by atoms with van der Waals surface area (Å²) in [5, 5.41) is 2.74. The number of amides is 1. The Morgan fingerprint density at radius 2 is 1.55 bits per heavy atom. The number of hydrogen-bond donors (Lipinski definition) is 1. The molecule has 0 spiro atoms. The first-order chi connectivity index (χ1) is 14.0. The molecule has 150 valence electrons. The molecule has 0 saturated carbocycles. The molecule has 1 aromatic heterocycles. The van der Waals surface area contributed by atoms with E-state index in [1.165, 1.54) is 18.3 Å². The standard InChI is InChI=1S/C21H22N4O3S/c26-21(20-15-22-18-7-3-4-8-19(18)24-20)23-16-9-11-17(12-10-16)29(27,28)25-13-5-1-2-6-14-25/h3-4,7-12,15H,1-2,5-6,13-14H2,(H,23,26). The fourth-order valence-corrected chi connectivity index (χ4v) is 4.92. The summed E-state index contributed by atoms with van der Waals surface area (Å²) in [7, 11) is -3.51. The van der Waals surface area contributed by atoms with Crippen molar-refractivity contribution in [2.24, 2.45) is 0 Å². The Hall–Kier alpha value is -2.84. The van der Waals surface area contributed by atoms with E-state index in [2.05, 4.69) is 15.3 Å². The summed E-state index contributed by atoms with van der Waals surface area (Å²) in [4.78, 5) is 21.3. The molecule has 3 aromatic rings. The number of aromatic nitrogens is 2. The van der Waals surface area contributed by atoms with Gasteiger partial charge >= 0.3 is 0 Å². The van der Waals surface area contributed by atoms with Crippen molar-refractivity contribution in [3.05, 3.63) is 60.4 Å². The summed E-state index contributed by atoms with van der Waals surface area (Å²) in [6, 6.07) is 13.6. The zero-order chi connectivity index (χ0) is 20.3. The zero-order valence-electron chi connectivity index (χ0n) is 15.9. The average Bonchev–Trinajstić information content (AvgIpc) is 3.04. The molecule has 1 fully saturated rings. The lowest BCUT2D eigenvalue weighted by Gasteiger charge is -2.20. The predicted molar refractivity (Wildman–Crippen MR) is 111 cm³/mol. The van der Waals surface area contributed by atoms with E-state index in [1.54, 1.807) is 22.5 Å². The van der Waals surface area contributed by atoms with Crippen LogP contribution in [0.2, 0.25) is 0 Å². The van der Waals surface area contributed by atoms with E-state index < -0.39 is 15.9 Å². The normalized spacial score (nSPS) is 15.7. The molecule has 29 heavy (non-hydrogen) atoms. The minimum absolute atomic E-state index is 0.199. The van der Waals surface area contributed by atoms with E-state index in [0.29, 0.717) is 29.8 Å². The minimum atomic E-state index is -3.51. The van der Waals surface area contributed by atoms with Crippen LogP contribution in [0.15, 0.2) is 59.6 Å². The van der Waals surface area contributed by atoms with Crippen LogP contribution in [0.1, 0.15) is 36.2 Å². The fourth-order valence-electron chi connectivity index (χ4n) is 3.40. The first-order valence-corrected chi connectivity index (χ1v) is 11.1. The molecule has 0 bridgehead atoms. The van der Waals surface area contributed by atoms with Gasteiger partial charge in [-0.3, -0.25) is 9.78 Å². The summed E-state index contributed by atoms with van der Waals surface area (Å²) >= 11 is 0. The van der Waals surface area contributed by atoms with Crippen molar-refractivity contribution >= 4 is 32.7 Å². The molecule has 2 heterocycles. The van der Waals surface area contributed by atoms with E-state index in [0.717, 1.165) is 25.7 Å². The second kappa shape index (κ2) is 8.26. The molecule has 8 heteroatoms. The molecule has 0 radical (unpaired) electrons. The van der Waals surface area contributed by atoms with Crippen LogP contribution in [-0.4, -0.2) is 41.7 Å². The number of sulfonamides is 1. The number of carbonyl (C=O) groups excluding carboxylic acids is 1. The number of carbonyl (C=O) groups is 1. The third-order valence-corrected chi connectivity index (χ3v) is 6.91. The molecule has 0 atom stereocenters. The van der Waals surface area contributed by atoms with Crippen LogP contribution in [-0.2, 0) is 10.0 Å². The van der Waals surface area contributed by atoms with Crippen molar-refractivity contribution in [2.45, 2.75) is 30.6 Å². The van der Waals surface area contributed by atoms with Gasteiger partial charge in [-0.2, -0.15) is 4.31 Å². The van der Waals surface area contributed by atoms with Gasteiger partial charge in [0.2, 0.25) is 10.0 Å². The van der Waals surface area contributed by atoms with Crippen molar-refractivity contribution in [3.8, 4) is 0 Å². The smallest absolute Gasteiger partial charge is 0.275 e. The van der Waals surface area contributed by atoms with Gasteiger partial charge in [0.05, 0.1) is 22.1 Å². The molecular formula is C21H22N4O3S. The number of para-hydroxylation sites is 2. The average molecular weight is 410 g/mol. The number of fused-ring (bicyclic) bond motifs is 1. The van der Waals surface area contributed by atoms with Crippen LogP contribution >= 0.6 is 0 Å². The maximum atomic E-state index is 12.8. The van der Waals surface area contributed by atoms with Gasteiger partial charge in [0.1, 0.15) is 5.69 Å². The van der Waals surface area contributed by atoms with Crippen LogP contribution in [0.4, 0.5) is 5.69 Å². The highest BCUT2D eigenvalue weighted by Crippen LogP contribution is 2.22. The minimum Gasteiger partial charge on any atom is -0.321 e. The van der Waals surface area contributed by atoms with Gasteiger partial charge in [-0.1, -0.05) is 25.0 Å². The molecule has 0 aliphatic carbocycles. The molecule has 1 saturated heterocycles. The van der Waals surface area contributed by atoms with Crippen LogP contribution in [0, 0.1) is 0 Å². The molecule has 1 aliphatic heterocycles. The molecule has 2 aromatic carbocycles. The summed E-state index contributed by atoms with van der Waals surface area (Å²) in [6.45, 7) is 1.11. The molecule has 0 unspecified atom stereocenters. The first-order valence-electron chi connectivity index (χ1n) is 9.67. The molecule has 1 aliphatic rings. The van der Waals surface area contributed by atoms with Gasteiger partial charge in [-0.25, -0.2) is 13.4 Å². The monoisotopic (exact) mass is 410 g/mol. The van der Waals surface area contributed by atoms with E-state index >= 15 is 0 Å². The third kappa shape index (κ3) is 4.28. The Labute approximate surface area is 169 Å². The molecule has 1 amide bonds. The summed E-state index contributed by atoms with van der Waals surface area (Å²) in [5.74, 6) is -0.397. The molecule has 7 nitrogen and oxygen atoms in total. The Morgan fingerprint density at radius 3 is 2.24 bits per heavy atom. The number of rotatable bonds is 4. The number of nitrogens with zero attached hydrogens (tertiary/aromatic N) is 3. The van der Waals surface area contributed by atoms with Crippen molar-refractivity contribution in [1.29, 1.82) is 0 Å². The molecular weight excluding hydrogens is 388 g/mol. The van der Waals surface area contributed by atoms with E-state index in [9.17, 15) is 13.2 Å². The van der Waals surface area contributed by atoms with Crippen LogP contribution in [0.5, 0.6) is 0 Å². The van der Waals surface area contributed by atoms with Gasteiger partial charge in [0.15, 0.2) is 0 Å². The van der Waals surface area contributed by atoms with E-state index in [4.69, 9.17) is 0 Å². The third-order valence-electron chi connectivity index (χ3n) is 5.00. The quantitative estimate of drug-likeness (QED) is 0.711. The Balaban J connectivity index is 1.49. The van der Waals surface area contributed by atoms with Crippen LogP contribution < -0.4 is 5.32 Å². The van der Waals surface area contributed by atoms with Crippen LogP contribution in [0.25, 0.3) is 11.0 Å². The number of hydrogen-bond acceptors (Lipinski definition) is 5. The lowest BCUT2D eigenvalue weighted by Crippen LogP contribution is -2.31. The predicted octanol–water partition coefficient (Wildman–Crippen LogP) is 3.45. The fraction of sp³-hybridized carbons (Fsp3) is 0.286. The lowest BCUT2D eigenvalue weighted by molar-refractivity contribution is 0.102. The topological polar surface area (TPSA) is 92.3 Å². The summed E-state index contributed by atoms with van der Waals surface area (Å²) < 4.78 is 27.2.